The smallest absolute Gasteiger partial charge is 0.258 e. The van der Waals surface area contributed by atoms with E-state index in [9.17, 15) is 4.79 Å². The van der Waals surface area contributed by atoms with Crippen molar-refractivity contribution in [2.45, 2.75) is 0 Å². The number of rotatable bonds is 2. The second-order valence-electron chi connectivity index (χ2n) is 2.68. The minimum Gasteiger partial charge on any atom is -0.296 e. The molecule has 0 fully saturated rings. The lowest BCUT2D eigenvalue weighted by atomic mass is 10.2. The largest absolute Gasteiger partial charge is 0.296 e. The van der Waals surface area contributed by atoms with Gasteiger partial charge in [0, 0.05) is 3.57 Å². The van der Waals surface area contributed by atoms with Crippen LogP contribution in [0.2, 0.25) is 0 Å². The second-order valence-corrected chi connectivity index (χ2v) is 4.67. The van der Waals surface area contributed by atoms with Crippen LogP contribution >= 0.6 is 33.9 Å². The Labute approximate surface area is 104 Å². The van der Waals surface area contributed by atoms with Crippen LogP contribution in [-0.4, -0.2) is 16.1 Å². The number of benzene rings is 1. The van der Waals surface area contributed by atoms with Crippen molar-refractivity contribution in [1.82, 2.24) is 10.2 Å². The van der Waals surface area contributed by atoms with Crippen LogP contribution in [0.1, 0.15) is 10.4 Å². The maximum Gasteiger partial charge on any atom is 0.258 e. The Kier molecular flexibility index (Phi) is 3.27. The SMILES string of the molecule is O=C(Nc1nncs1)c1ccccc1I. The predicted molar refractivity (Wildman–Crippen MR) is 67.0 cm³/mol. The van der Waals surface area contributed by atoms with E-state index in [0.717, 1.165) is 3.57 Å². The van der Waals surface area contributed by atoms with Crippen molar-refractivity contribution < 1.29 is 4.79 Å². The zero-order valence-corrected chi connectivity index (χ0v) is 10.4. The maximum absolute atomic E-state index is 11.8. The third-order valence-electron chi connectivity index (χ3n) is 1.70. The quantitative estimate of drug-likeness (QED) is 0.860. The molecule has 0 aliphatic heterocycles. The molecule has 2 aromatic rings. The highest BCUT2D eigenvalue weighted by atomic mass is 127. The minimum atomic E-state index is -0.156. The van der Waals surface area contributed by atoms with E-state index in [1.807, 2.05) is 18.2 Å². The molecule has 0 bridgehead atoms. The molecule has 4 nitrogen and oxygen atoms in total. The van der Waals surface area contributed by atoms with Crippen molar-refractivity contribution in [3.63, 3.8) is 0 Å². The summed E-state index contributed by atoms with van der Waals surface area (Å²) < 4.78 is 0.914. The number of anilines is 1. The number of hydrogen-bond donors (Lipinski definition) is 1. The van der Waals surface area contributed by atoms with E-state index in [1.165, 1.54) is 11.3 Å². The maximum atomic E-state index is 11.8. The highest BCUT2D eigenvalue weighted by Crippen LogP contribution is 2.15. The molecule has 0 aliphatic rings. The summed E-state index contributed by atoms with van der Waals surface area (Å²) in [4.78, 5) is 11.8. The van der Waals surface area contributed by atoms with Crippen LogP contribution in [0.5, 0.6) is 0 Å². The van der Waals surface area contributed by atoms with Gasteiger partial charge in [-0.25, -0.2) is 0 Å². The molecule has 0 spiro atoms. The van der Waals surface area contributed by atoms with Gasteiger partial charge in [-0.05, 0) is 34.7 Å². The van der Waals surface area contributed by atoms with Gasteiger partial charge in [0.15, 0.2) is 0 Å². The van der Waals surface area contributed by atoms with Gasteiger partial charge in [0.1, 0.15) is 5.51 Å². The number of nitrogens with zero attached hydrogens (tertiary/aromatic N) is 2. The van der Waals surface area contributed by atoms with Crippen LogP contribution in [0.15, 0.2) is 29.8 Å². The highest BCUT2D eigenvalue weighted by Gasteiger charge is 2.10. The molecule has 0 saturated heterocycles. The average molecular weight is 331 g/mol. The Morgan fingerprint density at radius 2 is 2.20 bits per heavy atom. The van der Waals surface area contributed by atoms with Gasteiger partial charge in [-0.1, -0.05) is 23.5 Å². The van der Waals surface area contributed by atoms with E-state index in [-0.39, 0.29) is 5.91 Å². The first kappa shape index (κ1) is 10.5. The molecule has 0 saturated carbocycles. The molecule has 1 aromatic carbocycles. The van der Waals surface area contributed by atoms with Gasteiger partial charge in [0.25, 0.3) is 5.91 Å². The summed E-state index contributed by atoms with van der Waals surface area (Å²) in [7, 11) is 0. The molecule has 1 heterocycles. The van der Waals surface area contributed by atoms with E-state index in [0.29, 0.717) is 10.7 Å². The lowest BCUT2D eigenvalue weighted by Gasteiger charge is -2.02. The number of aromatic nitrogens is 2. The van der Waals surface area contributed by atoms with Crippen LogP contribution in [0, 0.1) is 3.57 Å². The van der Waals surface area contributed by atoms with E-state index < -0.39 is 0 Å². The van der Waals surface area contributed by atoms with E-state index in [2.05, 4.69) is 38.1 Å². The topological polar surface area (TPSA) is 54.9 Å². The first-order chi connectivity index (χ1) is 7.27. The van der Waals surface area contributed by atoms with Gasteiger partial charge >= 0.3 is 0 Å². The predicted octanol–water partition coefficient (Wildman–Crippen LogP) is 2.40. The molecule has 2 rings (SSSR count). The Balaban J connectivity index is 2.19. The normalized spacial score (nSPS) is 9.93. The number of carbonyl (C=O) groups excluding carboxylic acids is 1. The first-order valence-corrected chi connectivity index (χ1v) is 6.05. The Bertz CT molecular complexity index is 472. The van der Waals surface area contributed by atoms with Crippen molar-refractivity contribution in [2.24, 2.45) is 0 Å². The van der Waals surface area contributed by atoms with E-state index in [1.54, 1.807) is 11.6 Å². The van der Waals surface area contributed by atoms with Gasteiger partial charge < -0.3 is 0 Å². The molecule has 0 radical (unpaired) electrons. The molecular formula is C9H6IN3OS. The summed E-state index contributed by atoms with van der Waals surface area (Å²) in [5.41, 5.74) is 2.22. The molecule has 1 aromatic heterocycles. The molecular weight excluding hydrogens is 325 g/mol. The summed E-state index contributed by atoms with van der Waals surface area (Å²) >= 11 is 3.42. The fourth-order valence-electron chi connectivity index (χ4n) is 1.04. The van der Waals surface area contributed by atoms with Gasteiger partial charge in [0.05, 0.1) is 5.56 Å². The van der Waals surface area contributed by atoms with Crippen LogP contribution in [0.3, 0.4) is 0 Å². The third-order valence-corrected chi connectivity index (χ3v) is 3.25. The molecule has 15 heavy (non-hydrogen) atoms. The average Bonchev–Trinajstić information content (AvgIpc) is 2.71. The number of amides is 1. The zero-order chi connectivity index (χ0) is 10.7. The fourth-order valence-corrected chi connectivity index (χ4v) is 2.11. The molecule has 76 valence electrons. The van der Waals surface area contributed by atoms with Gasteiger partial charge in [-0.3, -0.25) is 10.1 Å². The highest BCUT2D eigenvalue weighted by molar-refractivity contribution is 14.1. The van der Waals surface area contributed by atoms with Crippen molar-refractivity contribution in [2.75, 3.05) is 5.32 Å². The Morgan fingerprint density at radius 1 is 1.40 bits per heavy atom. The number of halogens is 1. The molecule has 1 amide bonds. The number of nitrogens with one attached hydrogen (secondary N) is 1. The monoisotopic (exact) mass is 331 g/mol. The minimum absolute atomic E-state index is 0.156. The van der Waals surface area contributed by atoms with Crippen molar-refractivity contribution in [1.29, 1.82) is 0 Å². The van der Waals surface area contributed by atoms with E-state index >= 15 is 0 Å². The van der Waals surface area contributed by atoms with Crippen molar-refractivity contribution in [3.05, 3.63) is 38.9 Å². The van der Waals surface area contributed by atoms with Crippen LogP contribution in [-0.2, 0) is 0 Å². The molecule has 0 aliphatic carbocycles. The number of carbonyl (C=O) groups is 1. The fraction of sp³-hybridized carbons (Fsp3) is 0. The zero-order valence-electron chi connectivity index (χ0n) is 7.48. The van der Waals surface area contributed by atoms with Crippen LogP contribution < -0.4 is 5.32 Å². The van der Waals surface area contributed by atoms with Gasteiger partial charge in [0.2, 0.25) is 5.13 Å². The lowest BCUT2D eigenvalue weighted by molar-refractivity contribution is 0.102. The number of hydrogen-bond acceptors (Lipinski definition) is 4. The second kappa shape index (κ2) is 4.67. The molecule has 0 atom stereocenters. The van der Waals surface area contributed by atoms with Gasteiger partial charge in [-0.15, -0.1) is 10.2 Å². The molecule has 0 unspecified atom stereocenters. The summed E-state index contributed by atoms with van der Waals surface area (Å²) in [6.45, 7) is 0. The molecule has 6 heteroatoms. The van der Waals surface area contributed by atoms with Crippen LogP contribution in [0.4, 0.5) is 5.13 Å². The third kappa shape index (κ3) is 2.51. The first-order valence-electron chi connectivity index (χ1n) is 4.09. The standard InChI is InChI=1S/C9H6IN3OS/c10-7-4-2-1-3-6(7)8(14)12-9-13-11-5-15-9/h1-5H,(H,12,13,14). The van der Waals surface area contributed by atoms with Crippen molar-refractivity contribution in [3.8, 4) is 0 Å². The Hall–Kier alpha value is -1.02. The van der Waals surface area contributed by atoms with Gasteiger partial charge in [-0.2, -0.15) is 0 Å². The summed E-state index contributed by atoms with van der Waals surface area (Å²) in [5.74, 6) is -0.156. The summed E-state index contributed by atoms with van der Waals surface area (Å²) in [6.07, 6.45) is 0. The van der Waals surface area contributed by atoms with E-state index in [4.69, 9.17) is 0 Å². The van der Waals surface area contributed by atoms with Crippen molar-refractivity contribution >= 4 is 45.0 Å². The summed E-state index contributed by atoms with van der Waals surface area (Å²) in [6, 6.07) is 7.38. The summed E-state index contributed by atoms with van der Waals surface area (Å²) in [5, 5.41) is 10.6. The Morgan fingerprint density at radius 3 is 2.87 bits per heavy atom. The molecule has 1 N–H and O–H groups in total. The van der Waals surface area contributed by atoms with Crippen LogP contribution in [0.25, 0.3) is 0 Å². The lowest BCUT2D eigenvalue weighted by Crippen LogP contribution is -2.13.